The zero-order chi connectivity index (χ0) is 14.0. The summed E-state index contributed by atoms with van der Waals surface area (Å²) in [6.07, 6.45) is -4.53. The molecule has 2 nitrogen and oxygen atoms in total. The maximum Gasteiger partial charge on any atom is 0.408 e. The predicted octanol–water partition coefficient (Wildman–Crippen LogP) is 2.47. The van der Waals surface area contributed by atoms with Gasteiger partial charge in [0.05, 0.1) is 0 Å². The van der Waals surface area contributed by atoms with Crippen molar-refractivity contribution in [2.45, 2.75) is 12.2 Å². The summed E-state index contributed by atoms with van der Waals surface area (Å²) in [6.45, 7) is 1.30. The van der Waals surface area contributed by atoms with Crippen LogP contribution in [0.2, 0.25) is 0 Å². The van der Waals surface area contributed by atoms with E-state index in [2.05, 4.69) is 5.32 Å². The molecule has 1 aliphatic rings. The molecule has 1 fully saturated rings. The van der Waals surface area contributed by atoms with Gasteiger partial charge in [-0.1, -0.05) is 6.07 Å². The monoisotopic (exact) mass is 280 g/mol. The molecule has 1 saturated heterocycles. The van der Waals surface area contributed by atoms with Crippen molar-refractivity contribution in [2.75, 3.05) is 26.2 Å². The first-order valence-electron chi connectivity index (χ1n) is 5.86. The molecular weight excluding hydrogens is 267 g/mol. The van der Waals surface area contributed by atoms with Crippen molar-refractivity contribution in [1.29, 1.82) is 0 Å². The van der Waals surface area contributed by atoms with Crippen LogP contribution in [-0.4, -0.2) is 37.3 Å². The number of alkyl halides is 3. The third-order valence-corrected chi connectivity index (χ3v) is 3.09. The van der Waals surface area contributed by atoms with Crippen molar-refractivity contribution in [3.05, 3.63) is 35.4 Å². The fourth-order valence-corrected chi connectivity index (χ4v) is 2.23. The van der Waals surface area contributed by atoms with Gasteiger partial charge in [0.15, 0.2) is 11.6 Å². The third kappa shape index (κ3) is 3.22. The van der Waals surface area contributed by atoms with Gasteiger partial charge in [0.1, 0.15) is 6.04 Å². The van der Waals surface area contributed by atoms with Gasteiger partial charge in [-0.25, -0.2) is 8.78 Å². The highest BCUT2D eigenvalue weighted by Gasteiger charge is 2.45. The van der Waals surface area contributed by atoms with E-state index in [4.69, 9.17) is 0 Å². The molecule has 0 aromatic heterocycles. The molecule has 0 bridgehead atoms. The van der Waals surface area contributed by atoms with Crippen molar-refractivity contribution in [2.24, 2.45) is 0 Å². The van der Waals surface area contributed by atoms with Crippen molar-refractivity contribution >= 4 is 0 Å². The van der Waals surface area contributed by atoms with Gasteiger partial charge in [0.25, 0.3) is 0 Å². The minimum atomic E-state index is -4.53. The molecular formula is C12H13F5N2. The van der Waals surface area contributed by atoms with Crippen LogP contribution in [0.3, 0.4) is 0 Å². The Morgan fingerprint density at radius 3 is 2.21 bits per heavy atom. The molecule has 1 aromatic rings. The summed E-state index contributed by atoms with van der Waals surface area (Å²) in [4.78, 5) is 1.23. The maximum atomic E-state index is 13.1. The molecule has 0 spiro atoms. The van der Waals surface area contributed by atoms with Crippen LogP contribution in [0.4, 0.5) is 22.0 Å². The molecule has 0 amide bonds. The fourth-order valence-electron chi connectivity index (χ4n) is 2.23. The first-order valence-corrected chi connectivity index (χ1v) is 5.86. The van der Waals surface area contributed by atoms with Gasteiger partial charge in [-0.05, 0) is 17.7 Å². The molecule has 1 heterocycles. The van der Waals surface area contributed by atoms with Crippen molar-refractivity contribution in [3.63, 3.8) is 0 Å². The molecule has 0 radical (unpaired) electrons. The SMILES string of the molecule is Fc1ccc([C@H](N2CCNCC2)C(F)(F)F)cc1F. The Balaban J connectivity index is 2.33. The molecule has 1 atom stereocenters. The summed E-state index contributed by atoms with van der Waals surface area (Å²) >= 11 is 0. The largest absolute Gasteiger partial charge is 0.408 e. The van der Waals surface area contributed by atoms with Gasteiger partial charge < -0.3 is 5.32 Å². The minimum Gasteiger partial charge on any atom is -0.314 e. The number of nitrogens with one attached hydrogen (secondary N) is 1. The Labute approximate surface area is 107 Å². The van der Waals surface area contributed by atoms with Crippen LogP contribution in [0.5, 0.6) is 0 Å². The van der Waals surface area contributed by atoms with Gasteiger partial charge in [0.2, 0.25) is 0 Å². The highest BCUT2D eigenvalue weighted by Crippen LogP contribution is 2.38. The minimum absolute atomic E-state index is 0.211. The number of hydrogen-bond donors (Lipinski definition) is 1. The van der Waals surface area contributed by atoms with Crippen molar-refractivity contribution < 1.29 is 22.0 Å². The van der Waals surface area contributed by atoms with Gasteiger partial charge >= 0.3 is 6.18 Å². The number of benzene rings is 1. The van der Waals surface area contributed by atoms with E-state index in [1.165, 1.54) is 4.90 Å². The van der Waals surface area contributed by atoms with E-state index in [1.54, 1.807) is 0 Å². The Morgan fingerprint density at radius 2 is 1.68 bits per heavy atom. The summed E-state index contributed by atoms with van der Waals surface area (Å²) in [5.41, 5.74) is -0.270. The number of hydrogen-bond acceptors (Lipinski definition) is 2. The van der Waals surface area contributed by atoms with Crippen molar-refractivity contribution in [1.82, 2.24) is 10.2 Å². The van der Waals surface area contributed by atoms with Crippen LogP contribution in [0, 0.1) is 11.6 Å². The lowest BCUT2D eigenvalue weighted by Crippen LogP contribution is -2.49. The van der Waals surface area contributed by atoms with Gasteiger partial charge in [0, 0.05) is 26.2 Å². The first kappa shape index (κ1) is 14.2. The van der Waals surface area contributed by atoms with Crippen LogP contribution < -0.4 is 5.32 Å². The van der Waals surface area contributed by atoms with Crippen LogP contribution >= 0.6 is 0 Å². The van der Waals surface area contributed by atoms with E-state index >= 15 is 0 Å². The normalized spacial score (nSPS) is 19.4. The quantitative estimate of drug-likeness (QED) is 0.837. The summed E-state index contributed by atoms with van der Waals surface area (Å²) in [5, 5.41) is 2.95. The van der Waals surface area contributed by atoms with E-state index in [0.29, 0.717) is 19.2 Å². The lowest BCUT2D eigenvalue weighted by atomic mass is 10.0. The van der Waals surface area contributed by atoms with Crippen LogP contribution in [0.25, 0.3) is 0 Å². The topological polar surface area (TPSA) is 15.3 Å². The number of rotatable bonds is 2. The number of piperazine rings is 1. The highest BCUT2D eigenvalue weighted by molar-refractivity contribution is 5.23. The van der Waals surface area contributed by atoms with Crippen LogP contribution in [-0.2, 0) is 0 Å². The molecule has 1 aliphatic heterocycles. The lowest BCUT2D eigenvalue weighted by molar-refractivity contribution is -0.187. The van der Waals surface area contributed by atoms with E-state index in [9.17, 15) is 22.0 Å². The first-order chi connectivity index (χ1) is 8.89. The Kier molecular flexibility index (Phi) is 4.05. The Hall–Kier alpha value is -1.21. The number of halogens is 5. The lowest BCUT2D eigenvalue weighted by Gasteiger charge is -2.36. The van der Waals surface area contributed by atoms with E-state index < -0.39 is 23.9 Å². The fraction of sp³-hybridized carbons (Fsp3) is 0.500. The second-order valence-electron chi connectivity index (χ2n) is 4.40. The van der Waals surface area contributed by atoms with Crippen LogP contribution in [0.1, 0.15) is 11.6 Å². The zero-order valence-corrected chi connectivity index (χ0v) is 9.97. The highest BCUT2D eigenvalue weighted by atomic mass is 19.4. The third-order valence-electron chi connectivity index (χ3n) is 3.09. The molecule has 1 N–H and O–H groups in total. The zero-order valence-electron chi connectivity index (χ0n) is 9.97. The van der Waals surface area contributed by atoms with E-state index in [-0.39, 0.29) is 18.7 Å². The van der Waals surface area contributed by atoms with Gasteiger partial charge in [-0.3, -0.25) is 4.90 Å². The molecule has 0 saturated carbocycles. The number of nitrogens with zero attached hydrogens (tertiary/aromatic N) is 1. The average Bonchev–Trinajstić information content (AvgIpc) is 2.34. The standard InChI is InChI=1S/C12H13F5N2/c13-9-2-1-8(7-10(9)14)11(12(15,16)17)19-5-3-18-4-6-19/h1-2,7,11,18H,3-6H2/t11-/m0/s1. The molecule has 1 aromatic carbocycles. The second-order valence-corrected chi connectivity index (χ2v) is 4.40. The van der Waals surface area contributed by atoms with Gasteiger partial charge in [-0.15, -0.1) is 0 Å². The van der Waals surface area contributed by atoms with E-state index in [1.807, 2.05) is 0 Å². The molecule has 0 aliphatic carbocycles. The Morgan fingerprint density at radius 1 is 1.05 bits per heavy atom. The molecule has 19 heavy (non-hydrogen) atoms. The summed E-state index contributed by atoms with van der Waals surface area (Å²) in [6, 6.07) is 0.435. The maximum absolute atomic E-state index is 13.1. The molecule has 106 valence electrons. The smallest absolute Gasteiger partial charge is 0.314 e. The predicted molar refractivity (Wildman–Crippen MR) is 59.6 cm³/mol. The van der Waals surface area contributed by atoms with Crippen LogP contribution in [0.15, 0.2) is 18.2 Å². The Bertz CT molecular complexity index is 440. The second kappa shape index (κ2) is 5.42. The van der Waals surface area contributed by atoms with Crippen molar-refractivity contribution in [3.8, 4) is 0 Å². The van der Waals surface area contributed by atoms with E-state index in [0.717, 1.165) is 12.1 Å². The average molecular weight is 280 g/mol. The summed E-state index contributed by atoms with van der Waals surface area (Å²) in [5.74, 6) is -2.41. The van der Waals surface area contributed by atoms with Gasteiger partial charge in [-0.2, -0.15) is 13.2 Å². The summed E-state index contributed by atoms with van der Waals surface area (Å²) < 4.78 is 65.4. The molecule has 2 rings (SSSR count). The summed E-state index contributed by atoms with van der Waals surface area (Å²) in [7, 11) is 0. The molecule has 0 unspecified atom stereocenters. The molecule has 7 heteroatoms.